The molecule has 3 rings (SSSR count). The van der Waals surface area contributed by atoms with Crippen LogP contribution in [0.1, 0.15) is 73.6 Å². The van der Waals surface area contributed by atoms with Gasteiger partial charge in [0.25, 0.3) is 0 Å². The van der Waals surface area contributed by atoms with Crippen LogP contribution in [0.2, 0.25) is 0 Å². The molecule has 0 unspecified atom stereocenters. The Balaban J connectivity index is 1.67. The van der Waals surface area contributed by atoms with Gasteiger partial charge < -0.3 is 58.3 Å². The van der Waals surface area contributed by atoms with Crippen LogP contribution in [0.4, 0.5) is 5.69 Å². The minimum atomic E-state index is -1.91. The number of hydrogen-bond acceptors (Lipinski definition) is 13. The first kappa shape index (κ1) is 48.8. The summed E-state index contributed by atoms with van der Waals surface area (Å²) in [6.45, 7) is 2.64. The van der Waals surface area contributed by atoms with Crippen molar-refractivity contribution in [2.45, 2.75) is 89.2 Å². The number of benzene rings is 2. The highest BCUT2D eigenvalue weighted by Gasteiger charge is 2.34. The maximum absolute atomic E-state index is 13.3. The van der Waals surface area contributed by atoms with Gasteiger partial charge in [-0.05, 0) is 49.9 Å². The Hall–Kier alpha value is -7.56. The van der Waals surface area contributed by atoms with Crippen molar-refractivity contribution in [1.29, 1.82) is 0 Å². The molecule has 0 saturated carbocycles. The fraction of sp³-hybridized carbons (Fsp3) is 0.385. The van der Waals surface area contributed by atoms with Crippen molar-refractivity contribution in [2.75, 3.05) is 11.9 Å². The van der Waals surface area contributed by atoms with Gasteiger partial charge in [0.15, 0.2) is 0 Å². The van der Waals surface area contributed by atoms with Gasteiger partial charge in [0, 0.05) is 36.6 Å². The number of amides is 8. The van der Waals surface area contributed by atoms with Crippen LogP contribution in [0, 0.1) is 0 Å². The molecule has 8 amide bonds. The number of anilines is 1. The summed E-state index contributed by atoms with van der Waals surface area (Å²) >= 11 is 0. The number of hydrogen-bond donors (Lipinski definition) is 11. The summed E-state index contributed by atoms with van der Waals surface area (Å²) in [5, 5.41) is 44.7. The van der Waals surface area contributed by atoms with E-state index in [-0.39, 0.29) is 16.8 Å². The molecule has 1 aliphatic rings. The number of carbonyl (C=O) groups excluding carboxylic acids is 10. The lowest BCUT2D eigenvalue weighted by Gasteiger charge is -2.25. The van der Waals surface area contributed by atoms with E-state index < -0.39 is 146 Å². The lowest BCUT2D eigenvalue weighted by atomic mass is 9.84. The molecule has 0 heterocycles. The SMILES string of the molecule is CC(=O)N[C@@H](C)C(=O)N[C@H](C(=O)N[C@@H](CCC(=O)O)C(=O)NCC(=O)N[C@@H](CCC(N)=O)C(=O)N[C@@H](CC(=O)Nc1ccc2c(c1)C(=O)C(=O)c1ccccc1-2)C(=O)O)[C@@H](C)O. The van der Waals surface area contributed by atoms with Crippen LogP contribution < -0.4 is 43.0 Å². The number of nitrogens with two attached hydrogens (primary N) is 1. The molecule has 0 aliphatic heterocycles. The standard InChI is InChI=1S/C39H46N8O15/c1-17(42-19(3)49)35(57)47-32(18(2)48)38(60)45-25(11-13-31(53)54)36(58)41-16-30(52)44-26(10-12-28(40)50)37(59)46-27(39(61)62)15-29(51)43-20-8-9-22-21-6-4-5-7-23(21)33(55)34(56)24(22)14-20/h4-9,14,17-18,25-27,32,48H,10-13,15-16H2,1-3H3,(H2,40,50)(H,41,58)(H,42,49)(H,43,51)(H,44,52)(H,45,60)(H,46,59)(H,47,57)(H,53,54)(H,61,62)/t17-,18+,25-,26-,27-,32-/m0/s1. The van der Waals surface area contributed by atoms with Crippen molar-refractivity contribution in [2.24, 2.45) is 5.73 Å². The lowest BCUT2D eigenvalue weighted by molar-refractivity contribution is -0.143. The summed E-state index contributed by atoms with van der Waals surface area (Å²) in [6, 6.07) is 2.55. The molecule has 332 valence electrons. The van der Waals surface area contributed by atoms with Gasteiger partial charge in [-0.15, -0.1) is 0 Å². The quantitative estimate of drug-likeness (QED) is 0.0534. The normalized spacial score (nSPS) is 14.4. The summed E-state index contributed by atoms with van der Waals surface area (Å²) < 4.78 is 0. The fourth-order valence-electron chi connectivity index (χ4n) is 6.02. The number of aliphatic hydroxyl groups is 1. The van der Waals surface area contributed by atoms with E-state index in [0.717, 1.165) is 13.8 Å². The number of carboxylic acids is 2. The van der Waals surface area contributed by atoms with E-state index in [1.807, 2.05) is 0 Å². The number of Topliss-reactive ketones (excluding diaryl/α,β-unsaturated/α-hetero) is 2. The average molecular weight is 867 g/mol. The second-order valence-corrected chi connectivity index (χ2v) is 14.1. The van der Waals surface area contributed by atoms with Crippen molar-refractivity contribution >= 4 is 76.4 Å². The van der Waals surface area contributed by atoms with Crippen LogP contribution in [0.15, 0.2) is 42.5 Å². The zero-order valence-corrected chi connectivity index (χ0v) is 33.6. The average Bonchev–Trinajstić information content (AvgIpc) is 3.19. The molecule has 23 heteroatoms. The van der Waals surface area contributed by atoms with Crippen molar-refractivity contribution in [3.05, 3.63) is 53.6 Å². The molecule has 0 radical (unpaired) electrons. The van der Waals surface area contributed by atoms with Gasteiger partial charge in [-0.25, -0.2) is 4.79 Å². The number of carbonyl (C=O) groups is 12. The van der Waals surface area contributed by atoms with Gasteiger partial charge >= 0.3 is 11.9 Å². The highest BCUT2D eigenvalue weighted by molar-refractivity contribution is 6.53. The first-order valence-electron chi connectivity index (χ1n) is 18.9. The zero-order valence-electron chi connectivity index (χ0n) is 33.6. The van der Waals surface area contributed by atoms with Crippen molar-refractivity contribution in [1.82, 2.24) is 31.9 Å². The fourth-order valence-corrected chi connectivity index (χ4v) is 6.02. The number of rotatable bonds is 22. The number of fused-ring (bicyclic) bond motifs is 3. The maximum Gasteiger partial charge on any atom is 0.326 e. The molecule has 6 atom stereocenters. The highest BCUT2D eigenvalue weighted by atomic mass is 16.4. The molecule has 0 bridgehead atoms. The van der Waals surface area contributed by atoms with E-state index >= 15 is 0 Å². The molecule has 2 aromatic rings. The first-order chi connectivity index (χ1) is 29.1. The van der Waals surface area contributed by atoms with Crippen LogP contribution >= 0.6 is 0 Å². The van der Waals surface area contributed by atoms with E-state index in [1.165, 1.54) is 31.2 Å². The minimum Gasteiger partial charge on any atom is -0.481 e. The van der Waals surface area contributed by atoms with Gasteiger partial charge in [-0.1, -0.05) is 30.3 Å². The smallest absolute Gasteiger partial charge is 0.326 e. The molecular formula is C39H46N8O15. The van der Waals surface area contributed by atoms with Gasteiger partial charge in [0.1, 0.15) is 30.2 Å². The topological polar surface area (TPSA) is 376 Å². The second-order valence-electron chi connectivity index (χ2n) is 14.1. The van der Waals surface area contributed by atoms with Crippen molar-refractivity contribution in [3.8, 4) is 11.1 Å². The van der Waals surface area contributed by atoms with E-state index in [1.54, 1.807) is 18.2 Å². The molecule has 1 aliphatic carbocycles. The summed E-state index contributed by atoms with van der Waals surface area (Å²) in [5.74, 6) is -12.5. The first-order valence-corrected chi connectivity index (χ1v) is 18.9. The number of aliphatic hydroxyl groups excluding tert-OH is 1. The molecule has 12 N–H and O–H groups in total. The van der Waals surface area contributed by atoms with Crippen LogP contribution in [-0.4, -0.2) is 129 Å². The number of ketones is 2. The second kappa shape index (κ2) is 22.2. The van der Waals surface area contributed by atoms with Gasteiger partial charge in [0.2, 0.25) is 58.8 Å². The lowest BCUT2D eigenvalue weighted by Crippen LogP contribution is -2.59. The van der Waals surface area contributed by atoms with Crippen LogP contribution in [0.3, 0.4) is 0 Å². The molecule has 0 spiro atoms. The van der Waals surface area contributed by atoms with E-state index in [2.05, 4.69) is 37.2 Å². The minimum absolute atomic E-state index is 0.000549. The molecular weight excluding hydrogens is 820 g/mol. The van der Waals surface area contributed by atoms with Crippen LogP contribution in [0.25, 0.3) is 11.1 Å². The number of aliphatic carboxylic acids is 2. The molecule has 0 aromatic heterocycles. The number of carboxylic acid groups (broad SMARTS) is 2. The number of nitrogens with one attached hydrogen (secondary N) is 7. The Morgan fingerprint density at radius 2 is 1.23 bits per heavy atom. The molecule has 23 nitrogen and oxygen atoms in total. The molecule has 0 fully saturated rings. The summed E-state index contributed by atoms with van der Waals surface area (Å²) in [6.07, 6.45) is -4.61. The maximum atomic E-state index is 13.3. The van der Waals surface area contributed by atoms with Crippen LogP contribution in [0.5, 0.6) is 0 Å². The Bertz CT molecular complexity index is 2160. The molecule has 62 heavy (non-hydrogen) atoms. The zero-order chi connectivity index (χ0) is 46.4. The third kappa shape index (κ3) is 14.0. The Labute approximate surface area is 352 Å². The van der Waals surface area contributed by atoms with Gasteiger partial charge in [0.05, 0.1) is 19.1 Å². The predicted octanol–water partition coefficient (Wildman–Crippen LogP) is -2.76. The summed E-state index contributed by atoms with van der Waals surface area (Å²) in [7, 11) is 0. The van der Waals surface area contributed by atoms with Crippen molar-refractivity contribution < 1.29 is 72.9 Å². The Morgan fingerprint density at radius 1 is 0.645 bits per heavy atom. The van der Waals surface area contributed by atoms with E-state index in [0.29, 0.717) is 11.1 Å². The predicted molar refractivity (Wildman–Crippen MR) is 212 cm³/mol. The highest BCUT2D eigenvalue weighted by Crippen LogP contribution is 2.34. The third-order valence-corrected chi connectivity index (χ3v) is 9.13. The summed E-state index contributed by atoms with van der Waals surface area (Å²) in [4.78, 5) is 150. The summed E-state index contributed by atoms with van der Waals surface area (Å²) in [5.41, 5.74) is 6.39. The van der Waals surface area contributed by atoms with Crippen LogP contribution in [-0.2, 0) is 47.9 Å². The van der Waals surface area contributed by atoms with E-state index in [4.69, 9.17) is 5.73 Å². The Kier molecular flexibility index (Phi) is 17.4. The molecule has 2 aromatic carbocycles. The molecule has 0 saturated heterocycles. The third-order valence-electron chi connectivity index (χ3n) is 9.13. The Morgan fingerprint density at radius 3 is 1.82 bits per heavy atom. The van der Waals surface area contributed by atoms with Crippen molar-refractivity contribution in [3.63, 3.8) is 0 Å². The largest absolute Gasteiger partial charge is 0.481 e. The monoisotopic (exact) mass is 866 g/mol. The van der Waals surface area contributed by atoms with Gasteiger partial charge in [-0.2, -0.15) is 0 Å². The van der Waals surface area contributed by atoms with Gasteiger partial charge in [-0.3, -0.25) is 52.7 Å². The number of primary amides is 1. The van der Waals surface area contributed by atoms with E-state index in [9.17, 15) is 72.9 Å².